The van der Waals surface area contributed by atoms with Crippen LogP contribution in [0, 0.1) is 5.41 Å². The maximum atomic E-state index is 10.9. The van der Waals surface area contributed by atoms with Crippen molar-refractivity contribution in [3.8, 4) is 0 Å². The van der Waals surface area contributed by atoms with Crippen LogP contribution in [0.4, 0.5) is 5.69 Å². The molecule has 1 aromatic heterocycles. The third-order valence-corrected chi connectivity index (χ3v) is 4.98. The Bertz CT molecular complexity index is 508. The summed E-state index contributed by atoms with van der Waals surface area (Å²) in [5.74, 6) is -0.378. The van der Waals surface area contributed by atoms with Crippen LogP contribution < -0.4 is 11.1 Å². The molecule has 6 heteroatoms. The molecule has 6 nitrogen and oxygen atoms in total. The van der Waals surface area contributed by atoms with Gasteiger partial charge in [0.1, 0.15) is 6.54 Å². The second kappa shape index (κ2) is 5.67. The van der Waals surface area contributed by atoms with E-state index >= 15 is 0 Å². The van der Waals surface area contributed by atoms with E-state index in [1.54, 1.807) is 10.9 Å². The number of ether oxygens (including phenoxy) is 1. The molecule has 1 heterocycles. The summed E-state index contributed by atoms with van der Waals surface area (Å²) in [5.41, 5.74) is 6.44. The first-order valence-electron chi connectivity index (χ1n) is 7.83. The number of amides is 1. The van der Waals surface area contributed by atoms with Crippen molar-refractivity contribution in [2.45, 2.75) is 57.7 Å². The van der Waals surface area contributed by atoms with Gasteiger partial charge in [0.2, 0.25) is 5.91 Å². The van der Waals surface area contributed by atoms with Crippen molar-refractivity contribution in [3.63, 3.8) is 0 Å². The van der Waals surface area contributed by atoms with Crippen molar-refractivity contribution in [1.82, 2.24) is 9.78 Å². The van der Waals surface area contributed by atoms with Crippen molar-refractivity contribution in [2.75, 3.05) is 11.9 Å². The molecule has 0 aliphatic heterocycles. The Balaban J connectivity index is 1.65. The molecule has 1 spiro atoms. The number of rotatable bonds is 6. The smallest absolute Gasteiger partial charge is 0.239 e. The molecule has 0 saturated heterocycles. The van der Waals surface area contributed by atoms with Crippen molar-refractivity contribution in [1.29, 1.82) is 0 Å². The Morgan fingerprint density at radius 3 is 3.00 bits per heavy atom. The monoisotopic (exact) mass is 292 g/mol. The highest BCUT2D eigenvalue weighted by Gasteiger charge is 2.56. The van der Waals surface area contributed by atoms with Crippen LogP contribution >= 0.6 is 0 Å². The first kappa shape index (κ1) is 14.4. The molecule has 0 aromatic carbocycles. The Morgan fingerprint density at radius 1 is 1.57 bits per heavy atom. The summed E-state index contributed by atoms with van der Waals surface area (Å²) in [7, 11) is 0. The van der Waals surface area contributed by atoms with Gasteiger partial charge in [0.05, 0.1) is 18.0 Å². The van der Waals surface area contributed by atoms with Gasteiger partial charge in [0.25, 0.3) is 0 Å². The van der Waals surface area contributed by atoms with E-state index < -0.39 is 0 Å². The summed E-state index contributed by atoms with van der Waals surface area (Å²) in [4.78, 5) is 10.9. The van der Waals surface area contributed by atoms with Gasteiger partial charge >= 0.3 is 0 Å². The van der Waals surface area contributed by atoms with Crippen LogP contribution in [0.5, 0.6) is 0 Å². The van der Waals surface area contributed by atoms with Gasteiger partial charge in [-0.05, 0) is 26.2 Å². The van der Waals surface area contributed by atoms with Gasteiger partial charge in [-0.2, -0.15) is 5.10 Å². The van der Waals surface area contributed by atoms with E-state index in [0.717, 1.165) is 18.7 Å². The summed E-state index contributed by atoms with van der Waals surface area (Å²) >= 11 is 0. The lowest BCUT2D eigenvalue weighted by Gasteiger charge is -2.54. The molecule has 0 radical (unpaired) electrons. The van der Waals surface area contributed by atoms with E-state index in [1.165, 1.54) is 25.7 Å². The number of primary amides is 1. The molecule has 116 valence electrons. The van der Waals surface area contributed by atoms with Gasteiger partial charge in [-0.15, -0.1) is 0 Å². The highest BCUT2D eigenvalue weighted by atomic mass is 16.5. The standard InChI is InChI=1S/C15H24N4O2/c1-2-21-13-7-12(15(13)5-3-4-6-15)18-11-8-17-19(9-11)10-14(16)20/h8-9,12-13,18H,2-7,10H2,1H3,(H2,16,20). The number of hydrogen-bond donors (Lipinski definition) is 2. The Labute approximate surface area is 125 Å². The Morgan fingerprint density at radius 2 is 2.33 bits per heavy atom. The summed E-state index contributed by atoms with van der Waals surface area (Å²) in [6, 6.07) is 0.447. The molecule has 2 saturated carbocycles. The highest BCUT2D eigenvalue weighted by molar-refractivity contribution is 5.73. The van der Waals surface area contributed by atoms with Crippen LogP contribution in [0.15, 0.2) is 12.4 Å². The van der Waals surface area contributed by atoms with Gasteiger partial charge in [0, 0.05) is 24.3 Å². The fraction of sp³-hybridized carbons (Fsp3) is 0.733. The lowest BCUT2D eigenvalue weighted by Crippen LogP contribution is -2.60. The van der Waals surface area contributed by atoms with Gasteiger partial charge in [-0.3, -0.25) is 9.48 Å². The van der Waals surface area contributed by atoms with Crippen LogP contribution in [-0.4, -0.2) is 34.4 Å². The average Bonchev–Trinajstić information content (AvgIpc) is 3.07. The van der Waals surface area contributed by atoms with E-state index in [9.17, 15) is 4.79 Å². The number of anilines is 1. The summed E-state index contributed by atoms with van der Waals surface area (Å²) in [6.07, 6.45) is 10.1. The topological polar surface area (TPSA) is 82.2 Å². The van der Waals surface area contributed by atoms with Crippen molar-refractivity contribution >= 4 is 11.6 Å². The second-order valence-electron chi connectivity index (χ2n) is 6.21. The number of carbonyl (C=O) groups is 1. The van der Waals surface area contributed by atoms with Crippen molar-refractivity contribution in [2.24, 2.45) is 11.1 Å². The van der Waals surface area contributed by atoms with E-state index in [1.807, 2.05) is 6.20 Å². The number of carbonyl (C=O) groups excluding carboxylic acids is 1. The van der Waals surface area contributed by atoms with E-state index in [0.29, 0.717) is 17.6 Å². The molecular formula is C15H24N4O2. The molecule has 2 fully saturated rings. The zero-order chi connectivity index (χ0) is 14.9. The number of nitrogens with two attached hydrogens (primary N) is 1. The molecule has 2 aliphatic rings. The van der Waals surface area contributed by atoms with Gasteiger partial charge in [-0.1, -0.05) is 12.8 Å². The Hall–Kier alpha value is -1.56. The van der Waals surface area contributed by atoms with Crippen LogP contribution in [0.1, 0.15) is 39.0 Å². The SMILES string of the molecule is CCOC1CC(Nc2cnn(CC(N)=O)c2)C12CCCC2. The number of aromatic nitrogens is 2. The van der Waals surface area contributed by atoms with E-state index in [2.05, 4.69) is 17.3 Å². The number of hydrogen-bond acceptors (Lipinski definition) is 4. The molecule has 3 rings (SSSR count). The fourth-order valence-electron chi connectivity index (χ4n) is 3.97. The summed E-state index contributed by atoms with van der Waals surface area (Å²) in [6.45, 7) is 2.98. The quantitative estimate of drug-likeness (QED) is 0.833. The molecule has 2 aliphatic carbocycles. The van der Waals surface area contributed by atoms with Crippen LogP contribution in [-0.2, 0) is 16.1 Å². The minimum Gasteiger partial charge on any atom is -0.379 e. The largest absolute Gasteiger partial charge is 0.379 e. The first-order chi connectivity index (χ1) is 10.1. The minimum atomic E-state index is -0.378. The van der Waals surface area contributed by atoms with E-state index in [4.69, 9.17) is 10.5 Å². The summed E-state index contributed by atoms with van der Waals surface area (Å²) < 4.78 is 7.49. The van der Waals surface area contributed by atoms with E-state index in [-0.39, 0.29) is 12.5 Å². The minimum absolute atomic E-state index is 0.124. The average molecular weight is 292 g/mol. The van der Waals surface area contributed by atoms with Crippen LogP contribution in [0.3, 0.4) is 0 Å². The predicted molar refractivity (Wildman–Crippen MR) is 79.8 cm³/mol. The lowest BCUT2D eigenvalue weighted by atomic mass is 9.60. The maximum absolute atomic E-state index is 10.9. The third kappa shape index (κ3) is 2.64. The lowest BCUT2D eigenvalue weighted by molar-refractivity contribution is -0.118. The molecule has 1 amide bonds. The number of nitrogens with one attached hydrogen (secondary N) is 1. The second-order valence-corrected chi connectivity index (χ2v) is 6.21. The van der Waals surface area contributed by atoms with Crippen LogP contribution in [0.2, 0.25) is 0 Å². The molecule has 1 aromatic rings. The summed E-state index contributed by atoms with van der Waals surface area (Å²) in [5, 5.41) is 7.74. The van der Waals surface area contributed by atoms with Gasteiger partial charge in [0.15, 0.2) is 0 Å². The Kier molecular flexibility index (Phi) is 3.89. The molecular weight excluding hydrogens is 268 g/mol. The third-order valence-electron chi connectivity index (χ3n) is 4.98. The molecule has 21 heavy (non-hydrogen) atoms. The molecule has 2 atom stereocenters. The molecule has 0 bridgehead atoms. The molecule has 3 N–H and O–H groups in total. The zero-order valence-corrected chi connectivity index (χ0v) is 12.5. The van der Waals surface area contributed by atoms with Crippen molar-refractivity contribution < 1.29 is 9.53 Å². The van der Waals surface area contributed by atoms with Crippen molar-refractivity contribution in [3.05, 3.63) is 12.4 Å². The maximum Gasteiger partial charge on any atom is 0.239 e. The first-order valence-corrected chi connectivity index (χ1v) is 7.83. The van der Waals surface area contributed by atoms with Gasteiger partial charge < -0.3 is 15.8 Å². The molecule has 2 unspecified atom stereocenters. The van der Waals surface area contributed by atoms with Gasteiger partial charge in [-0.25, -0.2) is 0 Å². The normalized spacial score (nSPS) is 26.7. The number of nitrogens with zero attached hydrogens (tertiary/aromatic N) is 2. The highest BCUT2D eigenvalue weighted by Crippen LogP contribution is 2.55. The predicted octanol–water partition coefficient (Wildman–Crippen LogP) is 1.52. The van der Waals surface area contributed by atoms with Crippen LogP contribution in [0.25, 0.3) is 0 Å². The fourth-order valence-corrected chi connectivity index (χ4v) is 3.97. The zero-order valence-electron chi connectivity index (χ0n) is 12.5.